The van der Waals surface area contributed by atoms with Crippen LogP contribution in [-0.4, -0.2) is 11.0 Å². The molecule has 1 aliphatic rings. The van der Waals surface area contributed by atoms with Crippen LogP contribution in [0.1, 0.15) is 21.5 Å². The van der Waals surface area contributed by atoms with Crippen LogP contribution in [0.2, 0.25) is 0 Å². The van der Waals surface area contributed by atoms with E-state index < -0.39 is 0 Å². The number of aromatic hydroxyl groups is 1. The van der Waals surface area contributed by atoms with Crippen LogP contribution in [0.3, 0.4) is 0 Å². The van der Waals surface area contributed by atoms with Crippen LogP contribution in [0.5, 0.6) is 5.75 Å². The number of phenolic OH excluding ortho intramolecular Hbond substituents is 1. The summed E-state index contributed by atoms with van der Waals surface area (Å²) in [4.78, 5) is 11.9. The molecule has 4 nitrogen and oxygen atoms in total. The molecular weight excluding hydrogens is 252 g/mol. The Hall–Kier alpha value is -2.75. The van der Waals surface area contributed by atoms with E-state index >= 15 is 0 Å². The van der Waals surface area contributed by atoms with Gasteiger partial charge in [0, 0.05) is 11.1 Å². The maximum absolute atomic E-state index is 11.9. The number of hydrogen-bond donors (Lipinski definition) is 3. The van der Waals surface area contributed by atoms with E-state index in [0.717, 1.165) is 17.7 Å². The average molecular weight is 266 g/mol. The predicted molar refractivity (Wildman–Crippen MR) is 76.8 cm³/mol. The first-order chi connectivity index (χ1) is 9.74. The number of carbonyl (C=O) groups is 1. The number of carbonyl (C=O) groups excluding carboxylic acids is 1. The van der Waals surface area contributed by atoms with E-state index in [-0.39, 0.29) is 11.7 Å². The lowest BCUT2D eigenvalue weighted by Crippen LogP contribution is -2.35. The van der Waals surface area contributed by atoms with Crippen LogP contribution in [0.4, 0.5) is 0 Å². The van der Waals surface area contributed by atoms with Crippen LogP contribution in [0, 0.1) is 0 Å². The highest BCUT2D eigenvalue weighted by Gasteiger charge is 2.13. The second-order valence-electron chi connectivity index (χ2n) is 4.61. The normalized spacial score (nSPS) is 12.5. The molecule has 1 aliphatic carbocycles. The van der Waals surface area contributed by atoms with Crippen LogP contribution in [-0.2, 0) is 6.42 Å². The summed E-state index contributed by atoms with van der Waals surface area (Å²) >= 11 is 0. The molecule has 0 bridgehead atoms. The molecule has 20 heavy (non-hydrogen) atoms. The number of hydrogen-bond acceptors (Lipinski definition) is 3. The number of allylic oxidation sites excluding steroid dienone is 1. The van der Waals surface area contributed by atoms with E-state index in [9.17, 15) is 9.90 Å². The van der Waals surface area contributed by atoms with Crippen molar-refractivity contribution < 1.29 is 9.90 Å². The molecule has 3 rings (SSSR count). The summed E-state index contributed by atoms with van der Waals surface area (Å²) in [6.07, 6.45) is 2.91. The SMILES string of the molecule is O=C(NNC1=CCc2ccccc21)c1ccc(O)cc1. The highest BCUT2D eigenvalue weighted by atomic mass is 16.3. The van der Waals surface area contributed by atoms with Gasteiger partial charge in [-0.2, -0.15) is 0 Å². The summed E-state index contributed by atoms with van der Waals surface area (Å²) in [5, 5.41) is 9.19. The molecule has 0 atom stereocenters. The van der Waals surface area contributed by atoms with E-state index in [4.69, 9.17) is 0 Å². The molecule has 4 heteroatoms. The van der Waals surface area contributed by atoms with Gasteiger partial charge in [0.25, 0.3) is 5.91 Å². The number of benzene rings is 2. The summed E-state index contributed by atoms with van der Waals surface area (Å²) in [5.41, 5.74) is 9.36. The van der Waals surface area contributed by atoms with Gasteiger partial charge in [-0.05, 0) is 36.2 Å². The number of fused-ring (bicyclic) bond motifs is 1. The molecule has 0 heterocycles. The van der Waals surface area contributed by atoms with Gasteiger partial charge in [-0.3, -0.25) is 15.6 Å². The van der Waals surface area contributed by atoms with Gasteiger partial charge in [0.2, 0.25) is 0 Å². The van der Waals surface area contributed by atoms with Gasteiger partial charge in [0.1, 0.15) is 5.75 Å². The zero-order valence-electron chi connectivity index (χ0n) is 10.8. The molecule has 0 saturated carbocycles. The van der Waals surface area contributed by atoms with Crippen molar-refractivity contribution in [2.45, 2.75) is 6.42 Å². The van der Waals surface area contributed by atoms with Crippen molar-refractivity contribution in [2.75, 3.05) is 0 Å². The topological polar surface area (TPSA) is 61.4 Å². The molecule has 100 valence electrons. The number of rotatable bonds is 3. The lowest BCUT2D eigenvalue weighted by Gasteiger charge is -2.11. The minimum atomic E-state index is -0.240. The van der Waals surface area contributed by atoms with Gasteiger partial charge in [0.05, 0.1) is 5.70 Å². The van der Waals surface area contributed by atoms with Crippen LogP contribution in [0.25, 0.3) is 5.70 Å². The second-order valence-corrected chi connectivity index (χ2v) is 4.61. The fourth-order valence-corrected chi connectivity index (χ4v) is 2.21. The highest BCUT2D eigenvalue weighted by Crippen LogP contribution is 2.24. The predicted octanol–water partition coefficient (Wildman–Crippen LogP) is 2.22. The average Bonchev–Trinajstić information content (AvgIpc) is 2.89. The lowest BCUT2D eigenvalue weighted by atomic mass is 10.1. The van der Waals surface area contributed by atoms with Crippen LogP contribution < -0.4 is 10.9 Å². The zero-order chi connectivity index (χ0) is 13.9. The van der Waals surface area contributed by atoms with E-state index in [1.54, 1.807) is 12.1 Å². The van der Waals surface area contributed by atoms with E-state index in [1.807, 2.05) is 24.3 Å². The Morgan fingerprint density at radius 2 is 1.80 bits per heavy atom. The molecule has 1 amide bonds. The summed E-state index contributed by atoms with van der Waals surface area (Å²) in [7, 11) is 0. The molecule has 0 fully saturated rings. The third kappa shape index (κ3) is 2.36. The Morgan fingerprint density at radius 1 is 1.05 bits per heavy atom. The van der Waals surface area contributed by atoms with Crippen molar-refractivity contribution in [3.05, 3.63) is 71.3 Å². The zero-order valence-corrected chi connectivity index (χ0v) is 10.8. The number of nitrogens with one attached hydrogen (secondary N) is 2. The first-order valence-corrected chi connectivity index (χ1v) is 6.38. The molecule has 0 aromatic heterocycles. The van der Waals surface area contributed by atoms with Crippen molar-refractivity contribution in [1.82, 2.24) is 10.9 Å². The smallest absolute Gasteiger partial charge is 0.269 e. The molecule has 0 radical (unpaired) electrons. The third-order valence-corrected chi connectivity index (χ3v) is 3.27. The van der Waals surface area contributed by atoms with Crippen LogP contribution >= 0.6 is 0 Å². The second kappa shape index (κ2) is 5.09. The van der Waals surface area contributed by atoms with Crippen molar-refractivity contribution in [1.29, 1.82) is 0 Å². The van der Waals surface area contributed by atoms with Gasteiger partial charge in [-0.15, -0.1) is 0 Å². The van der Waals surface area contributed by atoms with Gasteiger partial charge >= 0.3 is 0 Å². The lowest BCUT2D eigenvalue weighted by molar-refractivity contribution is 0.0942. The molecule has 0 spiro atoms. The van der Waals surface area contributed by atoms with Crippen molar-refractivity contribution in [3.8, 4) is 5.75 Å². The molecule has 3 N–H and O–H groups in total. The van der Waals surface area contributed by atoms with Gasteiger partial charge < -0.3 is 5.11 Å². The van der Waals surface area contributed by atoms with E-state index in [2.05, 4.69) is 16.9 Å². The summed E-state index contributed by atoms with van der Waals surface area (Å²) in [6.45, 7) is 0. The Kier molecular flexibility index (Phi) is 3.13. The quantitative estimate of drug-likeness (QED) is 0.746. The van der Waals surface area contributed by atoms with Crippen molar-refractivity contribution in [2.24, 2.45) is 0 Å². The molecular formula is C16H14N2O2. The third-order valence-electron chi connectivity index (χ3n) is 3.27. The first kappa shape index (κ1) is 12.3. The van der Waals surface area contributed by atoms with E-state index in [1.165, 1.54) is 17.7 Å². The Bertz CT molecular complexity index is 675. The fraction of sp³-hybridized carbons (Fsp3) is 0.0625. The highest BCUT2D eigenvalue weighted by molar-refractivity contribution is 5.94. The van der Waals surface area contributed by atoms with Crippen LogP contribution in [0.15, 0.2) is 54.6 Å². The number of amides is 1. The van der Waals surface area contributed by atoms with E-state index in [0.29, 0.717) is 5.56 Å². The summed E-state index contributed by atoms with van der Waals surface area (Å²) in [6, 6.07) is 14.2. The largest absolute Gasteiger partial charge is 0.508 e. The Labute approximate surface area is 116 Å². The summed E-state index contributed by atoms with van der Waals surface area (Å²) < 4.78 is 0. The minimum absolute atomic E-state index is 0.141. The van der Waals surface area contributed by atoms with Crippen molar-refractivity contribution in [3.63, 3.8) is 0 Å². The number of hydrazine groups is 1. The Morgan fingerprint density at radius 3 is 2.60 bits per heavy atom. The molecule has 0 saturated heterocycles. The maximum atomic E-state index is 11.9. The summed E-state index contributed by atoms with van der Waals surface area (Å²) in [5.74, 6) is -0.0998. The van der Waals surface area contributed by atoms with Gasteiger partial charge in [0.15, 0.2) is 0 Å². The standard InChI is InChI=1S/C16H14N2O2/c19-13-8-5-12(6-9-13)16(20)18-17-15-10-7-11-3-1-2-4-14(11)15/h1-6,8-10,17,19H,7H2,(H,18,20). The molecule has 0 unspecified atom stereocenters. The monoisotopic (exact) mass is 266 g/mol. The molecule has 0 aliphatic heterocycles. The minimum Gasteiger partial charge on any atom is -0.508 e. The first-order valence-electron chi connectivity index (χ1n) is 6.38. The number of phenols is 1. The van der Waals surface area contributed by atoms with Gasteiger partial charge in [-0.25, -0.2) is 0 Å². The maximum Gasteiger partial charge on any atom is 0.269 e. The molecule has 2 aromatic rings. The molecule has 2 aromatic carbocycles. The fourth-order valence-electron chi connectivity index (χ4n) is 2.21. The Balaban J connectivity index is 1.66. The van der Waals surface area contributed by atoms with Gasteiger partial charge in [-0.1, -0.05) is 30.3 Å². The van der Waals surface area contributed by atoms with Crippen molar-refractivity contribution >= 4 is 11.6 Å².